The number of fused-ring (bicyclic) bond motifs is 1. The number of nitrogens with two attached hydrogens (primary N) is 1. The third kappa shape index (κ3) is 6.11. The molecule has 0 aliphatic heterocycles. The highest BCUT2D eigenvalue weighted by molar-refractivity contribution is 7.48. The molecule has 0 bridgehead atoms. The van der Waals surface area contributed by atoms with E-state index in [1.165, 1.54) is 31.8 Å². The number of phosphoric ester groups is 1. The quantitative estimate of drug-likeness (QED) is 0.248. The van der Waals surface area contributed by atoms with Crippen molar-refractivity contribution in [2.75, 3.05) is 25.6 Å². The second kappa shape index (κ2) is 11.7. The first-order chi connectivity index (χ1) is 18.7. The molecule has 0 saturated carbocycles. The molecule has 0 saturated heterocycles. The maximum atomic E-state index is 13.0. The van der Waals surface area contributed by atoms with Crippen molar-refractivity contribution in [2.24, 2.45) is 12.8 Å². The summed E-state index contributed by atoms with van der Waals surface area (Å²) in [6.07, 6.45) is 2.95. The molecule has 4 rings (SSSR count). The van der Waals surface area contributed by atoms with Crippen LogP contribution in [0.3, 0.4) is 0 Å². The number of rotatable bonds is 12. The number of nitrogens with one attached hydrogen (secondary N) is 1. The highest BCUT2D eigenvalue weighted by atomic mass is 31.2. The number of imidazole rings is 2. The van der Waals surface area contributed by atoms with Crippen LogP contribution in [0.25, 0.3) is 11.0 Å². The zero-order chi connectivity index (χ0) is 28.2. The molecule has 0 spiro atoms. The van der Waals surface area contributed by atoms with Crippen LogP contribution in [-0.2, 0) is 27.2 Å². The Bertz CT molecular complexity index is 1540. The summed E-state index contributed by atoms with van der Waals surface area (Å²) in [5, 5.41) is 2.82. The van der Waals surface area contributed by atoms with Crippen LogP contribution >= 0.6 is 7.82 Å². The summed E-state index contributed by atoms with van der Waals surface area (Å²) in [6, 6.07) is 9.85. The van der Waals surface area contributed by atoms with E-state index in [1.807, 2.05) is 0 Å². The zero-order valence-corrected chi connectivity index (χ0v) is 22.8. The Morgan fingerprint density at radius 2 is 1.79 bits per heavy atom. The predicted molar refractivity (Wildman–Crippen MR) is 143 cm³/mol. The molecule has 0 radical (unpaired) electrons. The number of phosphoric acid groups is 1. The number of nitrogens with zero attached hydrogens (tertiary/aromatic N) is 4. The van der Waals surface area contributed by atoms with Crippen molar-refractivity contribution in [3.63, 3.8) is 0 Å². The Hall–Kier alpha value is -4.19. The van der Waals surface area contributed by atoms with Gasteiger partial charge in [0, 0.05) is 12.6 Å². The fraction of sp³-hybridized carbons (Fsp3) is 0.280. The maximum absolute atomic E-state index is 13.0. The lowest BCUT2D eigenvalue weighted by Crippen LogP contribution is -2.18. The Morgan fingerprint density at radius 1 is 1.10 bits per heavy atom. The van der Waals surface area contributed by atoms with Gasteiger partial charge in [-0.05, 0) is 43.7 Å². The van der Waals surface area contributed by atoms with Crippen LogP contribution in [0, 0.1) is 0 Å². The summed E-state index contributed by atoms with van der Waals surface area (Å²) in [6.45, 7) is 3.96. The number of primary amides is 1. The highest BCUT2D eigenvalue weighted by Gasteiger charge is 2.27. The monoisotopic (exact) mass is 556 g/mol. The summed E-state index contributed by atoms with van der Waals surface area (Å²) >= 11 is 0. The summed E-state index contributed by atoms with van der Waals surface area (Å²) in [5.41, 5.74) is 7.77. The van der Waals surface area contributed by atoms with E-state index in [9.17, 15) is 14.2 Å². The number of aromatic nitrogens is 4. The van der Waals surface area contributed by atoms with Crippen LogP contribution < -0.4 is 20.3 Å². The molecule has 206 valence electrons. The van der Waals surface area contributed by atoms with E-state index in [2.05, 4.69) is 15.3 Å². The molecule has 0 aliphatic rings. The van der Waals surface area contributed by atoms with Crippen LogP contribution in [0.1, 0.15) is 40.3 Å². The largest absolute Gasteiger partial charge is 0.530 e. The third-order valence-electron chi connectivity index (χ3n) is 5.64. The normalized spacial score (nSPS) is 11.5. The van der Waals surface area contributed by atoms with Crippen molar-refractivity contribution in [3.05, 3.63) is 65.7 Å². The number of ether oxygens (including phenoxy) is 1. The van der Waals surface area contributed by atoms with Crippen LogP contribution in [0.5, 0.6) is 11.5 Å². The Labute approximate surface area is 224 Å². The summed E-state index contributed by atoms with van der Waals surface area (Å²) in [5.74, 6) is -0.199. The van der Waals surface area contributed by atoms with E-state index in [1.54, 1.807) is 54.3 Å². The first-order valence-electron chi connectivity index (χ1n) is 12.0. The van der Waals surface area contributed by atoms with Crippen LogP contribution in [-0.4, -0.2) is 51.2 Å². The van der Waals surface area contributed by atoms with Gasteiger partial charge >= 0.3 is 7.82 Å². The van der Waals surface area contributed by atoms with E-state index >= 15 is 0 Å². The number of benzene rings is 2. The van der Waals surface area contributed by atoms with Gasteiger partial charge < -0.3 is 24.1 Å². The lowest BCUT2D eigenvalue weighted by Gasteiger charge is -2.17. The molecule has 2 heterocycles. The average molecular weight is 557 g/mol. The molecule has 0 unspecified atom stereocenters. The number of amides is 2. The first kappa shape index (κ1) is 27.8. The number of aryl methyl sites for hydroxylation is 1. The third-order valence-corrected chi connectivity index (χ3v) is 7.22. The second-order valence-corrected chi connectivity index (χ2v) is 9.89. The number of hydrogen-bond donors (Lipinski definition) is 2. The molecule has 2 amide bonds. The number of methoxy groups -OCH3 is 1. The molecule has 4 aromatic rings. The van der Waals surface area contributed by atoms with Crippen LogP contribution in [0.4, 0.5) is 5.95 Å². The molecule has 0 atom stereocenters. The average Bonchev–Trinajstić information content (AvgIpc) is 3.47. The van der Waals surface area contributed by atoms with Gasteiger partial charge in [-0.2, -0.15) is 0 Å². The van der Waals surface area contributed by atoms with Crippen molar-refractivity contribution >= 4 is 36.6 Å². The lowest BCUT2D eigenvalue weighted by atomic mass is 10.1. The molecule has 3 N–H and O–H groups in total. The van der Waals surface area contributed by atoms with Crippen molar-refractivity contribution in [2.45, 2.75) is 20.4 Å². The molecule has 13 nitrogen and oxygen atoms in total. The van der Waals surface area contributed by atoms with Gasteiger partial charge in [0.1, 0.15) is 22.7 Å². The molecule has 0 aliphatic carbocycles. The first-order valence-corrected chi connectivity index (χ1v) is 13.5. The van der Waals surface area contributed by atoms with Gasteiger partial charge in [0.25, 0.3) is 5.91 Å². The van der Waals surface area contributed by atoms with Crippen molar-refractivity contribution in [3.8, 4) is 11.5 Å². The Morgan fingerprint density at radius 3 is 2.36 bits per heavy atom. The minimum atomic E-state index is -3.75. The van der Waals surface area contributed by atoms with E-state index in [4.69, 9.17) is 24.0 Å². The number of anilines is 1. The summed E-state index contributed by atoms with van der Waals surface area (Å²) < 4.78 is 37.5. The van der Waals surface area contributed by atoms with Gasteiger partial charge in [0.2, 0.25) is 11.9 Å². The number of carbonyl (C=O) groups excluding carboxylic acids is 2. The second-order valence-electron chi connectivity index (χ2n) is 8.29. The lowest BCUT2D eigenvalue weighted by molar-refractivity contribution is 0.0996. The van der Waals surface area contributed by atoms with Crippen molar-refractivity contribution in [1.29, 1.82) is 0 Å². The topological polar surface area (TPSA) is 162 Å². The summed E-state index contributed by atoms with van der Waals surface area (Å²) in [7, 11) is -0.580. The van der Waals surface area contributed by atoms with Gasteiger partial charge in [0.05, 0.1) is 44.9 Å². The van der Waals surface area contributed by atoms with Crippen LogP contribution in [0.2, 0.25) is 0 Å². The van der Waals surface area contributed by atoms with Crippen LogP contribution in [0.15, 0.2) is 48.9 Å². The predicted octanol–water partition coefficient (Wildman–Crippen LogP) is 3.74. The zero-order valence-electron chi connectivity index (χ0n) is 21.9. The van der Waals surface area contributed by atoms with E-state index in [-0.39, 0.29) is 31.3 Å². The van der Waals surface area contributed by atoms with Crippen molar-refractivity contribution in [1.82, 2.24) is 19.1 Å². The molecular weight excluding hydrogens is 527 g/mol. The fourth-order valence-electron chi connectivity index (χ4n) is 3.89. The van der Waals surface area contributed by atoms with Gasteiger partial charge in [-0.25, -0.2) is 14.5 Å². The smallest absolute Gasteiger partial charge is 0.494 e. The molecule has 14 heteroatoms. The van der Waals surface area contributed by atoms with Crippen molar-refractivity contribution < 1.29 is 32.5 Å². The molecule has 2 aromatic heterocycles. The van der Waals surface area contributed by atoms with Gasteiger partial charge in [-0.3, -0.25) is 24.0 Å². The molecule has 39 heavy (non-hydrogen) atoms. The molecular formula is C25H29N6O7P. The standard InChI is InChI=1S/C25H29N6O7P/c1-5-36-39(34,37-6-2)38-18-9-7-16(8-10-18)14-31-22-19(11-17(23(26)32)12-21(22)35-4)28-25(31)29-24(33)20-13-27-15-30(20)3/h7-13,15H,5-6,14H2,1-4H3,(H2,26,32)(H,28,29,33). The van der Waals surface area contributed by atoms with E-state index in [0.717, 1.165) is 5.56 Å². The number of hydrogen-bond acceptors (Lipinski definition) is 9. The van der Waals surface area contributed by atoms with Gasteiger partial charge in [-0.15, -0.1) is 0 Å². The maximum Gasteiger partial charge on any atom is 0.530 e. The highest BCUT2D eigenvalue weighted by Crippen LogP contribution is 2.49. The minimum absolute atomic E-state index is 0.162. The number of carbonyl (C=O) groups is 2. The Kier molecular flexibility index (Phi) is 8.34. The minimum Gasteiger partial charge on any atom is -0.494 e. The SMILES string of the molecule is CCOP(=O)(OCC)Oc1ccc(Cn2c(NC(=O)c3cncn3C)nc3cc(C(N)=O)cc(OC)c32)cc1. The Balaban J connectivity index is 1.72. The van der Waals surface area contributed by atoms with Gasteiger partial charge in [-0.1, -0.05) is 12.1 Å². The van der Waals surface area contributed by atoms with E-state index < -0.39 is 19.6 Å². The molecule has 2 aromatic carbocycles. The fourth-order valence-corrected chi connectivity index (χ4v) is 5.08. The van der Waals surface area contributed by atoms with Gasteiger partial charge in [0.15, 0.2) is 0 Å². The van der Waals surface area contributed by atoms with E-state index in [0.29, 0.717) is 28.2 Å². The summed E-state index contributed by atoms with van der Waals surface area (Å²) in [4.78, 5) is 33.4. The molecule has 0 fully saturated rings.